The number of para-hydroxylation sites is 1. The lowest BCUT2D eigenvalue weighted by Crippen LogP contribution is -2.45. The van der Waals surface area contributed by atoms with Gasteiger partial charge in [0.15, 0.2) is 6.10 Å². The van der Waals surface area contributed by atoms with Crippen LogP contribution in [0.5, 0.6) is 11.5 Å². The minimum absolute atomic E-state index is 0.0492. The molecule has 1 amide bonds. The quantitative estimate of drug-likeness (QED) is 0.615. The maximum atomic E-state index is 12.5. The molecule has 2 fully saturated rings. The van der Waals surface area contributed by atoms with Gasteiger partial charge in [-0.2, -0.15) is 0 Å². The van der Waals surface area contributed by atoms with E-state index in [1.165, 1.54) is 5.56 Å². The van der Waals surface area contributed by atoms with Crippen LogP contribution in [0.15, 0.2) is 48.5 Å². The van der Waals surface area contributed by atoms with E-state index in [4.69, 9.17) is 25.8 Å². The van der Waals surface area contributed by atoms with E-state index in [2.05, 4.69) is 22.3 Å². The number of benzene rings is 2. The summed E-state index contributed by atoms with van der Waals surface area (Å²) in [6.07, 6.45) is 3.49. The number of ether oxygens (including phenoxy) is 3. The molecule has 6 nitrogen and oxygen atoms in total. The molecule has 0 saturated carbocycles. The Hall–Kier alpha value is -2.28. The maximum absolute atomic E-state index is 12.5. The van der Waals surface area contributed by atoms with Gasteiger partial charge in [0.2, 0.25) is 0 Å². The van der Waals surface area contributed by atoms with Gasteiger partial charge in [0.05, 0.1) is 18.8 Å². The number of halogens is 1. The predicted octanol–water partition coefficient (Wildman–Crippen LogP) is 4.45. The number of likely N-dealkylation sites (tertiary alicyclic amines) is 1. The molecular formula is C26H33ClN2O4. The lowest BCUT2D eigenvalue weighted by Gasteiger charge is -2.39. The van der Waals surface area contributed by atoms with Gasteiger partial charge in [0, 0.05) is 36.8 Å². The van der Waals surface area contributed by atoms with E-state index in [0.29, 0.717) is 17.3 Å². The van der Waals surface area contributed by atoms with Gasteiger partial charge < -0.3 is 19.5 Å². The Balaban J connectivity index is 1.20. The minimum Gasteiger partial charge on any atom is -0.496 e. The molecule has 4 rings (SSSR count). The molecule has 2 heterocycles. The molecule has 33 heavy (non-hydrogen) atoms. The van der Waals surface area contributed by atoms with Crippen molar-refractivity contribution in [2.24, 2.45) is 0 Å². The van der Waals surface area contributed by atoms with Gasteiger partial charge in [0.1, 0.15) is 11.5 Å². The van der Waals surface area contributed by atoms with E-state index in [-0.39, 0.29) is 17.6 Å². The molecule has 2 aromatic rings. The molecule has 2 aromatic carbocycles. The van der Waals surface area contributed by atoms with Crippen LogP contribution in [0.2, 0.25) is 5.02 Å². The Morgan fingerprint density at radius 2 is 2.00 bits per heavy atom. The van der Waals surface area contributed by atoms with Gasteiger partial charge in [-0.25, -0.2) is 0 Å². The fourth-order valence-corrected chi connectivity index (χ4v) is 4.94. The van der Waals surface area contributed by atoms with Crippen molar-refractivity contribution in [1.29, 1.82) is 0 Å². The van der Waals surface area contributed by atoms with Crippen LogP contribution in [0, 0.1) is 0 Å². The highest BCUT2D eigenvalue weighted by Crippen LogP contribution is 2.39. The smallest absolute Gasteiger partial charge is 0.260 e. The van der Waals surface area contributed by atoms with Crippen molar-refractivity contribution >= 4 is 17.5 Å². The summed E-state index contributed by atoms with van der Waals surface area (Å²) in [6, 6.07) is 15.3. The summed E-state index contributed by atoms with van der Waals surface area (Å²) < 4.78 is 17.7. The first-order chi connectivity index (χ1) is 16.0. The van der Waals surface area contributed by atoms with Crippen molar-refractivity contribution in [3.63, 3.8) is 0 Å². The Kier molecular flexibility index (Phi) is 7.78. The van der Waals surface area contributed by atoms with E-state index in [1.807, 2.05) is 12.1 Å². The van der Waals surface area contributed by atoms with Gasteiger partial charge >= 0.3 is 0 Å². The summed E-state index contributed by atoms with van der Waals surface area (Å²) >= 11 is 5.98. The molecule has 1 N–H and O–H groups in total. The van der Waals surface area contributed by atoms with E-state index in [1.54, 1.807) is 38.3 Å². The highest BCUT2D eigenvalue weighted by molar-refractivity contribution is 6.30. The number of carbonyl (C=O) groups excluding carboxylic acids is 1. The number of amides is 1. The van der Waals surface area contributed by atoms with E-state index in [0.717, 1.165) is 51.1 Å². The van der Waals surface area contributed by atoms with Crippen LogP contribution in [0.1, 0.15) is 38.2 Å². The fourth-order valence-electron chi connectivity index (χ4n) is 4.76. The zero-order chi connectivity index (χ0) is 23.3. The molecule has 178 valence electrons. The lowest BCUT2D eigenvalue weighted by molar-refractivity contribution is -0.128. The average Bonchev–Trinajstić information content (AvgIpc) is 3.22. The molecular weight excluding hydrogens is 440 g/mol. The number of nitrogens with zero attached hydrogens (tertiary/aromatic N) is 1. The Morgan fingerprint density at radius 3 is 2.76 bits per heavy atom. The average molecular weight is 473 g/mol. The first kappa shape index (κ1) is 23.9. The van der Waals surface area contributed by atoms with Crippen molar-refractivity contribution < 1.29 is 19.0 Å². The third kappa shape index (κ3) is 6.19. The standard InChI is InChI=1S/C26H33ClN2O4/c1-19(32-22-8-5-7-21(27)16-22)25(30)28-17-23-10-11-26(33-23)12-14-29(15-13-26)18-20-6-3-4-9-24(20)31-2/h3-9,16,19,23H,10-15,17-18H2,1-2H3,(H,28,30)/t19-,23+/m1/s1. The predicted molar refractivity (Wildman–Crippen MR) is 129 cm³/mol. The Bertz CT molecular complexity index is 945. The van der Waals surface area contributed by atoms with Crippen LogP contribution in [0.25, 0.3) is 0 Å². The van der Waals surface area contributed by atoms with Gasteiger partial charge in [-0.1, -0.05) is 35.9 Å². The van der Waals surface area contributed by atoms with Crippen LogP contribution in [0.3, 0.4) is 0 Å². The zero-order valence-electron chi connectivity index (χ0n) is 19.4. The number of nitrogens with one attached hydrogen (secondary N) is 1. The van der Waals surface area contributed by atoms with Crippen molar-refractivity contribution in [3.05, 3.63) is 59.1 Å². The van der Waals surface area contributed by atoms with Crippen molar-refractivity contribution in [1.82, 2.24) is 10.2 Å². The second-order valence-electron chi connectivity index (χ2n) is 9.01. The summed E-state index contributed by atoms with van der Waals surface area (Å²) in [4.78, 5) is 15.0. The second kappa shape index (κ2) is 10.8. The highest BCUT2D eigenvalue weighted by atomic mass is 35.5. The van der Waals surface area contributed by atoms with Gasteiger partial charge in [-0.3, -0.25) is 9.69 Å². The second-order valence-corrected chi connectivity index (χ2v) is 9.45. The molecule has 7 heteroatoms. The highest BCUT2D eigenvalue weighted by Gasteiger charge is 2.42. The summed E-state index contributed by atoms with van der Waals surface area (Å²) in [5.74, 6) is 1.38. The molecule has 1 spiro atoms. The van der Waals surface area contributed by atoms with Gasteiger partial charge in [-0.15, -0.1) is 0 Å². The Morgan fingerprint density at radius 1 is 1.21 bits per heavy atom. The number of hydrogen-bond acceptors (Lipinski definition) is 5. The zero-order valence-corrected chi connectivity index (χ0v) is 20.1. The van der Waals surface area contributed by atoms with Crippen LogP contribution in [-0.4, -0.2) is 55.4 Å². The first-order valence-corrected chi connectivity index (χ1v) is 12.1. The van der Waals surface area contributed by atoms with Crippen LogP contribution in [-0.2, 0) is 16.1 Å². The van der Waals surface area contributed by atoms with Crippen LogP contribution < -0.4 is 14.8 Å². The molecule has 0 bridgehead atoms. The molecule has 2 aliphatic heterocycles. The van der Waals surface area contributed by atoms with Gasteiger partial charge in [-0.05, 0) is 56.9 Å². The van der Waals surface area contributed by atoms with Crippen molar-refractivity contribution in [2.75, 3.05) is 26.7 Å². The maximum Gasteiger partial charge on any atom is 0.260 e. The summed E-state index contributed by atoms with van der Waals surface area (Å²) in [6.45, 7) is 5.15. The first-order valence-electron chi connectivity index (χ1n) is 11.7. The van der Waals surface area contributed by atoms with Crippen molar-refractivity contribution in [3.8, 4) is 11.5 Å². The number of rotatable bonds is 8. The van der Waals surface area contributed by atoms with E-state index < -0.39 is 6.10 Å². The number of piperidine rings is 1. The normalized spacial score (nSPS) is 21.0. The van der Waals surface area contributed by atoms with Crippen LogP contribution >= 0.6 is 11.6 Å². The van der Waals surface area contributed by atoms with E-state index >= 15 is 0 Å². The van der Waals surface area contributed by atoms with E-state index in [9.17, 15) is 4.79 Å². The van der Waals surface area contributed by atoms with Gasteiger partial charge in [0.25, 0.3) is 5.91 Å². The third-order valence-electron chi connectivity index (χ3n) is 6.67. The summed E-state index contributed by atoms with van der Waals surface area (Å²) in [5.41, 5.74) is 1.16. The SMILES string of the molecule is COc1ccccc1CN1CCC2(CC[C@@H](CNC(=O)[C@@H](C)Oc3cccc(Cl)c3)O2)CC1. The molecule has 0 radical (unpaired) electrons. The largest absolute Gasteiger partial charge is 0.496 e. The lowest BCUT2D eigenvalue weighted by atomic mass is 9.88. The number of hydrogen-bond donors (Lipinski definition) is 1. The molecule has 0 aliphatic carbocycles. The summed E-state index contributed by atoms with van der Waals surface area (Å²) in [5, 5.41) is 3.57. The molecule has 0 aromatic heterocycles. The third-order valence-corrected chi connectivity index (χ3v) is 6.91. The molecule has 2 saturated heterocycles. The van der Waals surface area contributed by atoms with Crippen LogP contribution in [0.4, 0.5) is 0 Å². The topological polar surface area (TPSA) is 60.0 Å². The minimum atomic E-state index is -0.600. The summed E-state index contributed by atoms with van der Waals surface area (Å²) in [7, 11) is 1.72. The molecule has 2 atom stereocenters. The number of methoxy groups -OCH3 is 1. The molecule has 2 aliphatic rings. The monoisotopic (exact) mass is 472 g/mol. The molecule has 0 unspecified atom stereocenters. The fraction of sp³-hybridized carbons (Fsp3) is 0.500. The Labute approximate surface area is 201 Å². The van der Waals surface area contributed by atoms with Crippen molar-refractivity contribution in [2.45, 2.75) is 57.0 Å². The number of carbonyl (C=O) groups is 1.